The van der Waals surface area contributed by atoms with Gasteiger partial charge < -0.3 is 10.6 Å². The molecule has 1 fully saturated rings. The largest absolute Gasteiger partial charge is 0.339 e. The molecule has 0 bridgehead atoms. The number of nitrogens with zero attached hydrogens (tertiary/aromatic N) is 1. The van der Waals surface area contributed by atoms with Crippen LogP contribution in [0.1, 0.15) is 38.4 Å². The summed E-state index contributed by atoms with van der Waals surface area (Å²) in [5.74, 6) is -0.167. The second-order valence-corrected chi connectivity index (χ2v) is 6.43. The van der Waals surface area contributed by atoms with Gasteiger partial charge in [-0.2, -0.15) is 0 Å². The molecule has 2 heterocycles. The predicted octanol–water partition coefficient (Wildman–Crippen LogP) is 2.54. The minimum atomic E-state index is -0.0901. The van der Waals surface area contributed by atoms with Crippen molar-refractivity contribution >= 4 is 23.0 Å². The highest BCUT2D eigenvalue weighted by Crippen LogP contribution is 2.21. The molecule has 0 unspecified atom stereocenters. The zero-order valence-electron chi connectivity index (χ0n) is 12.2. The van der Waals surface area contributed by atoms with Gasteiger partial charge >= 0.3 is 0 Å². The van der Waals surface area contributed by atoms with Crippen LogP contribution in [0, 0.1) is 0 Å². The average Bonchev–Trinajstić information content (AvgIpc) is 3.09. The molecule has 1 aromatic heterocycles. The van der Waals surface area contributed by atoms with E-state index in [9.17, 15) is 9.59 Å². The number of thiophene rings is 1. The highest BCUT2D eigenvalue weighted by Gasteiger charge is 2.25. The molecule has 0 aliphatic carbocycles. The molecular formula is C17H18N2O2S. The highest BCUT2D eigenvalue weighted by molar-refractivity contribution is 7.12. The van der Waals surface area contributed by atoms with Gasteiger partial charge in [0.15, 0.2) is 0 Å². The maximum atomic E-state index is 12.7. The molecule has 2 N–H and O–H groups in total. The molecule has 22 heavy (non-hydrogen) atoms. The van der Waals surface area contributed by atoms with Crippen LogP contribution in [0.3, 0.4) is 0 Å². The number of ketones is 1. The number of piperidine rings is 1. The Balaban J connectivity index is 1.88. The molecule has 3 rings (SSSR count). The van der Waals surface area contributed by atoms with E-state index in [-0.39, 0.29) is 17.7 Å². The smallest absolute Gasteiger partial charge is 0.254 e. The number of benzene rings is 1. The van der Waals surface area contributed by atoms with E-state index >= 15 is 0 Å². The van der Waals surface area contributed by atoms with Gasteiger partial charge in [0, 0.05) is 24.7 Å². The Bertz CT molecular complexity index is 674. The molecule has 0 atom stereocenters. The molecule has 0 radical (unpaired) electrons. The van der Waals surface area contributed by atoms with Crippen molar-refractivity contribution in [1.82, 2.24) is 4.90 Å². The topological polar surface area (TPSA) is 63.4 Å². The summed E-state index contributed by atoms with van der Waals surface area (Å²) in [7, 11) is 0. The molecule has 1 aliphatic rings. The first-order chi connectivity index (χ1) is 10.7. The molecule has 1 saturated heterocycles. The van der Waals surface area contributed by atoms with Gasteiger partial charge in [0.2, 0.25) is 5.78 Å². The van der Waals surface area contributed by atoms with Gasteiger partial charge in [-0.25, -0.2) is 0 Å². The van der Waals surface area contributed by atoms with E-state index in [0.717, 1.165) is 12.8 Å². The number of likely N-dealkylation sites (tertiary alicyclic amines) is 1. The van der Waals surface area contributed by atoms with Gasteiger partial charge in [-0.1, -0.05) is 24.3 Å². The van der Waals surface area contributed by atoms with E-state index in [4.69, 9.17) is 5.73 Å². The van der Waals surface area contributed by atoms with Crippen LogP contribution in [0.15, 0.2) is 41.8 Å². The fourth-order valence-electron chi connectivity index (χ4n) is 2.68. The van der Waals surface area contributed by atoms with Crippen LogP contribution in [0.4, 0.5) is 0 Å². The second kappa shape index (κ2) is 6.42. The third-order valence-electron chi connectivity index (χ3n) is 3.97. The first-order valence-electron chi connectivity index (χ1n) is 7.39. The van der Waals surface area contributed by atoms with Crippen molar-refractivity contribution in [2.75, 3.05) is 13.1 Å². The fraction of sp³-hybridized carbons (Fsp3) is 0.294. The third-order valence-corrected chi connectivity index (χ3v) is 4.84. The fourth-order valence-corrected chi connectivity index (χ4v) is 3.36. The van der Waals surface area contributed by atoms with Crippen molar-refractivity contribution in [3.8, 4) is 0 Å². The van der Waals surface area contributed by atoms with Crippen molar-refractivity contribution < 1.29 is 9.59 Å². The van der Waals surface area contributed by atoms with Crippen molar-refractivity contribution in [3.05, 3.63) is 57.8 Å². The Labute approximate surface area is 133 Å². The number of amides is 1. The summed E-state index contributed by atoms with van der Waals surface area (Å²) in [5, 5.41) is 1.86. The maximum Gasteiger partial charge on any atom is 0.254 e. The first kappa shape index (κ1) is 14.9. The molecule has 114 valence electrons. The van der Waals surface area contributed by atoms with E-state index in [0.29, 0.717) is 29.1 Å². The molecule has 0 saturated carbocycles. The summed E-state index contributed by atoms with van der Waals surface area (Å²) in [6.07, 6.45) is 1.62. The van der Waals surface area contributed by atoms with Crippen LogP contribution in [-0.4, -0.2) is 35.7 Å². The maximum absolute atomic E-state index is 12.7. The summed E-state index contributed by atoms with van der Waals surface area (Å²) in [5.41, 5.74) is 6.85. The Hall–Kier alpha value is -1.98. The van der Waals surface area contributed by atoms with Crippen LogP contribution in [-0.2, 0) is 0 Å². The highest BCUT2D eigenvalue weighted by atomic mass is 32.1. The Morgan fingerprint density at radius 2 is 1.73 bits per heavy atom. The monoisotopic (exact) mass is 314 g/mol. The first-order valence-corrected chi connectivity index (χ1v) is 8.27. The quantitative estimate of drug-likeness (QED) is 0.886. The zero-order chi connectivity index (χ0) is 15.5. The summed E-state index contributed by atoms with van der Waals surface area (Å²) in [6, 6.07) is 10.9. The van der Waals surface area contributed by atoms with Crippen molar-refractivity contribution in [2.24, 2.45) is 5.73 Å². The number of nitrogens with two attached hydrogens (primary N) is 1. The second-order valence-electron chi connectivity index (χ2n) is 5.48. The van der Waals surface area contributed by atoms with Crippen LogP contribution >= 0.6 is 11.3 Å². The SMILES string of the molecule is NC1CCN(C(=O)c2ccccc2C(=O)c2cccs2)CC1. The van der Waals surface area contributed by atoms with Gasteiger partial charge in [-0.15, -0.1) is 11.3 Å². The van der Waals surface area contributed by atoms with Crippen LogP contribution < -0.4 is 5.73 Å². The van der Waals surface area contributed by atoms with Gasteiger partial charge in [0.25, 0.3) is 5.91 Å². The van der Waals surface area contributed by atoms with Crippen LogP contribution in [0.2, 0.25) is 0 Å². The lowest BCUT2D eigenvalue weighted by molar-refractivity contribution is 0.0711. The van der Waals surface area contributed by atoms with E-state index in [1.165, 1.54) is 11.3 Å². The lowest BCUT2D eigenvalue weighted by atomic mass is 9.99. The van der Waals surface area contributed by atoms with E-state index < -0.39 is 0 Å². The van der Waals surface area contributed by atoms with Crippen molar-refractivity contribution in [3.63, 3.8) is 0 Å². The van der Waals surface area contributed by atoms with E-state index in [1.54, 1.807) is 35.2 Å². The average molecular weight is 314 g/mol. The van der Waals surface area contributed by atoms with Crippen LogP contribution in [0.5, 0.6) is 0 Å². The normalized spacial score (nSPS) is 15.8. The molecule has 1 aromatic carbocycles. The third kappa shape index (κ3) is 2.96. The Morgan fingerprint density at radius 3 is 2.36 bits per heavy atom. The van der Waals surface area contributed by atoms with Gasteiger partial charge in [0.05, 0.1) is 10.4 Å². The Morgan fingerprint density at radius 1 is 1.05 bits per heavy atom. The van der Waals surface area contributed by atoms with Gasteiger partial charge in [-0.3, -0.25) is 9.59 Å². The molecule has 1 aliphatic heterocycles. The lowest BCUT2D eigenvalue weighted by Crippen LogP contribution is -2.43. The standard InChI is InChI=1S/C17H18N2O2S/c18-12-7-9-19(10-8-12)17(21)14-5-2-1-4-13(14)16(20)15-6-3-11-22-15/h1-6,11-12H,7-10,18H2. The Kier molecular flexibility index (Phi) is 4.36. The number of hydrogen-bond donors (Lipinski definition) is 1. The van der Waals surface area contributed by atoms with E-state index in [2.05, 4.69) is 0 Å². The van der Waals surface area contributed by atoms with E-state index in [1.807, 2.05) is 11.4 Å². The number of rotatable bonds is 3. The summed E-state index contributed by atoms with van der Waals surface area (Å²) < 4.78 is 0. The number of carbonyl (C=O) groups excluding carboxylic acids is 2. The minimum Gasteiger partial charge on any atom is -0.339 e. The molecule has 1 amide bonds. The van der Waals surface area contributed by atoms with Gasteiger partial charge in [-0.05, 0) is 30.4 Å². The summed E-state index contributed by atoms with van der Waals surface area (Å²) in [6.45, 7) is 1.31. The van der Waals surface area contributed by atoms with Crippen LogP contribution in [0.25, 0.3) is 0 Å². The molecule has 0 spiro atoms. The number of carbonyl (C=O) groups is 2. The van der Waals surface area contributed by atoms with Gasteiger partial charge in [0.1, 0.15) is 0 Å². The predicted molar refractivity (Wildman–Crippen MR) is 87.3 cm³/mol. The summed E-state index contributed by atoms with van der Waals surface area (Å²) in [4.78, 5) is 27.8. The zero-order valence-corrected chi connectivity index (χ0v) is 13.0. The number of hydrogen-bond acceptors (Lipinski definition) is 4. The molecule has 2 aromatic rings. The van der Waals surface area contributed by atoms with Crippen molar-refractivity contribution in [1.29, 1.82) is 0 Å². The summed E-state index contributed by atoms with van der Waals surface area (Å²) >= 11 is 1.39. The lowest BCUT2D eigenvalue weighted by Gasteiger charge is -2.30. The van der Waals surface area contributed by atoms with Crippen molar-refractivity contribution in [2.45, 2.75) is 18.9 Å². The molecule has 4 nitrogen and oxygen atoms in total. The minimum absolute atomic E-state index is 0.0765. The molecule has 5 heteroatoms. The molecular weight excluding hydrogens is 296 g/mol.